The molecule has 1 fully saturated rings. The van der Waals surface area contributed by atoms with Gasteiger partial charge in [-0.1, -0.05) is 0 Å². The number of aryl methyl sites for hydroxylation is 2. The standard InChI is InChI=1S/C23H24N2O4/c1-16-10-18(14-24-12-16)6-8-22(26)28-20-4-3-5-21(20)29-23(27)9-7-19-11-17(2)13-25-15-19/h6-15,20-21H,3-5H2,1-2H3/b8-6+,9-7+/t20-,21-/m0/s1. The van der Waals surface area contributed by atoms with Crippen LogP contribution in [0.2, 0.25) is 0 Å². The summed E-state index contributed by atoms with van der Waals surface area (Å²) in [4.78, 5) is 32.4. The van der Waals surface area contributed by atoms with E-state index in [1.807, 2.05) is 26.0 Å². The Morgan fingerprint density at radius 1 is 0.828 bits per heavy atom. The van der Waals surface area contributed by atoms with E-state index in [-0.39, 0.29) is 0 Å². The molecule has 150 valence electrons. The van der Waals surface area contributed by atoms with Crippen LogP contribution in [0, 0.1) is 13.8 Å². The normalized spacial score (nSPS) is 19.0. The van der Waals surface area contributed by atoms with Crippen LogP contribution in [-0.4, -0.2) is 34.1 Å². The molecular weight excluding hydrogens is 368 g/mol. The average molecular weight is 392 g/mol. The van der Waals surface area contributed by atoms with Crippen LogP contribution in [0.15, 0.2) is 49.1 Å². The lowest BCUT2D eigenvalue weighted by Gasteiger charge is -2.19. The highest BCUT2D eigenvalue weighted by Crippen LogP contribution is 2.25. The van der Waals surface area contributed by atoms with Crippen molar-refractivity contribution in [2.75, 3.05) is 0 Å². The molecular formula is C23H24N2O4. The molecule has 0 radical (unpaired) electrons. The third-order valence-corrected chi connectivity index (χ3v) is 4.54. The lowest BCUT2D eigenvalue weighted by atomic mass is 10.2. The number of ether oxygens (including phenoxy) is 2. The number of rotatable bonds is 6. The van der Waals surface area contributed by atoms with E-state index in [1.165, 1.54) is 12.2 Å². The number of pyridine rings is 2. The molecule has 0 N–H and O–H groups in total. The number of hydrogen-bond donors (Lipinski definition) is 0. The largest absolute Gasteiger partial charge is 0.455 e. The predicted octanol–water partition coefficient (Wildman–Crippen LogP) is 3.83. The summed E-state index contributed by atoms with van der Waals surface area (Å²) in [6.45, 7) is 3.87. The fourth-order valence-corrected chi connectivity index (χ4v) is 3.21. The molecule has 0 bridgehead atoms. The van der Waals surface area contributed by atoms with Crippen molar-refractivity contribution in [3.8, 4) is 0 Å². The van der Waals surface area contributed by atoms with E-state index in [0.29, 0.717) is 12.8 Å². The van der Waals surface area contributed by atoms with Gasteiger partial charge in [-0.25, -0.2) is 9.59 Å². The van der Waals surface area contributed by atoms with Crippen LogP contribution in [0.3, 0.4) is 0 Å². The predicted molar refractivity (Wildman–Crippen MR) is 110 cm³/mol. The number of carbonyl (C=O) groups is 2. The molecule has 0 spiro atoms. The minimum atomic E-state index is -0.458. The quantitative estimate of drug-likeness (QED) is 0.549. The monoisotopic (exact) mass is 392 g/mol. The van der Waals surface area contributed by atoms with Crippen LogP contribution < -0.4 is 0 Å². The molecule has 1 aliphatic carbocycles. The van der Waals surface area contributed by atoms with Crippen LogP contribution in [-0.2, 0) is 19.1 Å². The minimum Gasteiger partial charge on any atom is -0.455 e. The van der Waals surface area contributed by atoms with Crippen molar-refractivity contribution in [3.63, 3.8) is 0 Å². The fraction of sp³-hybridized carbons (Fsp3) is 0.304. The summed E-state index contributed by atoms with van der Waals surface area (Å²) in [5.74, 6) is -0.915. The zero-order chi connectivity index (χ0) is 20.6. The summed E-state index contributed by atoms with van der Waals surface area (Å²) in [5.41, 5.74) is 3.68. The van der Waals surface area contributed by atoms with Gasteiger partial charge in [0.25, 0.3) is 0 Å². The molecule has 2 atom stereocenters. The summed E-state index contributed by atoms with van der Waals surface area (Å²) in [7, 11) is 0. The van der Waals surface area contributed by atoms with Gasteiger partial charge in [-0.05, 0) is 79.6 Å². The summed E-state index contributed by atoms with van der Waals surface area (Å²) < 4.78 is 11.0. The first-order valence-corrected chi connectivity index (χ1v) is 9.60. The van der Waals surface area contributed by atoms with Gasteiger partial charge in [0.15, 0.2) is 0 Å². The molecule has 1 aliphatic rings. The van der Waals surface area contributed by atoms with Gasteiger partial charge in [-0.3, -0.25) is 9.97 Å². The number of aromatic nitrogens is 2. The maximum absolute atomic E-state index is 12.1. The van der Waals surface area contributed by atoms with E-state index in [4.69, 9.17) is 9.47 Å². The second kappa shape index (κ2) is 9.78. The van der Waals surface area contributed by atoms with Crippen molar-refractivity contribution in [1.82, 2.24) is 9.97 Å². The maximum Gasteiger partial charge on any atom is 0.331 e. The first kappa shape index (κ1) is 20.5. The molecule has 0 amide bonds. The first-order valence-electron chi connectivity index (χ1n) is 9.60. The van der Waals surface area contributed by atoms with Gasteiger partial charge in [-0.15, -0.1) is 0 Å². The van der Waals surface area contributed by atoms with Gasteiger partial charge < -0.3 is 9.47 Å². The van der Waals surface area contributed by atoms with E-state index < -0.39 is 24.1 Å². The number of carbonyl (C=O) groups excluding carboxylic acids is 2. The summed E-state index contributed by atoms with van der Waals surface area (Å²) in [6.07, 6.45) is 14.2. The Labute approximate surface area is 170 Å². The maximum atomic E-state index is 12.1. The Kier molecular flexibility index (Phi) is 6.89. The minimum absolute atomic E-state index is 0.430. The summed E-state index contributed by atoms with van der Waals surface area (Å²) >= 11 is 0. The van der Waals surface area contributed by atoms with Crippen LogP contribution >= 0.6 is 0 Å². The Bertz CT molecular complexity index is 860. The van der Waals surface area contributed by atoms with Gasteiger partial charge in [0.05, 0.1) is 0 Å². The second-order valence-electron chi connectivity index (χ2n) is 7.14. The molecule has 2 aromatic rings. The van der Waals surface area contributed by atoms with Crippen molar-refractivity contribution in [3.05, 3.63) is 71.3 Å². The number of hydrogen-bond acceptors (Lipinski definition) is 6. The van der Waals surface area contributed by atoms with E-state index in [0.717, 1.165) is 28.7 Å². The average Bonchev–Trinajstić information content (AvgIpc) is 3.11. The number of nitrogens with zero attached hydrogens (tertiary/aromatic N) is 2. The van der Waals surface area contributed by atoms with Crippen LogP contribution in [0.5, 0.6) is 0 Å². The molecule has 1 saturated carbocycles. The topological polar surface area (TPSA) is 78.4 Å². The Hall–Kier alpha value is -3.28. The lowest BCUT2D eigenvalue weighted by molar-refractivity contribution is -0.158. The van der Waals surface area contributed by atoms with Gasteiger partial charge in [0.2, 0.25) is 0 Å². The Morgan fingerprint density at radius 2 is 1.28 bits per heavy atom. The molecule has 6 nitrogen and oxygen atoms in total. The van der Waals surface area contributed by atoms with Crippen molar-refractivity contribution in [1.29, 1.82) is 0 Å². The smallest absolute Gasteiger partial charge is 0.331 e. The molecule has 0 saturated heterocycles. The third-order valence-electron chi connectivity index (χ3n) is 4.54. The molecule has 2 heterocycles. The van der Waals surface area contributed by atoms with Gasteiger partial charge in [-0.2, -0.15) is 0 Å². The van der Waals surface area contributed by atoms with Crippen LogP contribution in [0.1, 0.15) is 41.5 Å². The van der Waals surface area contributed by atoms with Crippen molar-refractivity contribution >= 4 is 24.1 Å². The highest BCUT2D eigenvalue weighted by Gasteiger charge is 2.32. The van der Waals surface area contributed by atoms with E-state index in [1.54, 1.807) is 36.9 Å². The molecule has 2 aromatic heterocycles. The third kappa shape index (κ3) is 6.38. The highest BCUT2D eigenvalue weighted by atomic mass is 16.6. The zero-order valence-electron chi connectivity index (χ0n) is 16.6. The Morgan fingerprint density at radius 3 is 1.69 bits per heavy atom. The van der Waals surface area contributed by atoms with E-state index >= 15 is 0 Å². The second-order valence-corrected chi connectivity index (χ2v) is 7.14. The molecule has 29 heavy (non-hydrogen) atoms. The highest BCUT2D eigenvalue weighted by molar-refractivity contribution is 5.88. The molecule has 6 heteroatoms. The van der Waals surface area contributed by atoms with Gasteiger partial charge >= 0.3 is 11.9 Å². The zero-order valence-corrected chi connectivity index (χ0v) is 16.6. The molecule has 3 rings (SSSR count). The van der Waals surface area contributed by atoms with E-state index in [9.17, 15) is 9.59 Å². The van der Waals surface area contributed by atoms with Crippen LogP contribution in [0.4, 0.5) is 0 Å². The van der Waals surface area contributed by atoms with Crippen molar-refractivity contribution in [2.24, 2.45) is 0 Å². The van der Waals surface area contributed by atoms with Crippen LogP contribution in [0.25, 0.3) is 12.2 Å². The van der Waals surface area contributed by atoms with Gasteiger partial charge in [0, 0.05) is 36.9 Å². The summed E-state index contributed by atoms with van der Waals surface area (Å²) in [5, 5.41) is 0. The SMILES string of the molecule is Cc1cncc(/C=C/C(=O)O[C@H]2CCC[C@@H]2OC(=O)/C=C/c2cncc(C)c2)c1. The number of esters is 2. The van der Waals surface area contributed by atoms with Crippen molar-refractivity contribution in [2.45, 2.75) is 45.3 Å². The van der Waals surface area contributed by atoms with Gasteiger partial charge in [0.1, 0.15) is 12.2 Å². The van der Waals surface area contributed by atoms with Crippen molar-refractivity contribution < 1.29 is 19.1 Å². The lowest BCUT2D eigenvalue weighted by Crippen LogP contribution is -2.29. The van der Waals surface area contributed by atoms with E-state index in [2.05, 4.69) is 9.97 Å². The fourth-order valence-electron chi connectivity index (χ4n) is 3.21. The molecule has 0 aliphatic heterocycles. The first-order chi connectivity index (χ1) is 14.0. The Balaban J connectivity index is 1.52. The molecule has 0 aromatic carbocycles. The summed E-state index contributed by atoms with van der Waals surface area (Å²) in [6, 6.07) is 3.85. The molecule has 0 unspecified atom stereocenters.